The fraction of sp³-hybridized carbons (Fsp3) is 0.867. The van der Waals surface area contributed by atoms with E-state index in [1.807, 2.05) is 38.9 Å². The number of hydrogen-bond acceptors (Lipinski definition) is 3. The third kappa shape index (κ3) is 2.57. The van der Waals surface area contributed by atoms with E-state index in [1.54, 1.807) is 11.8 Å². The maximum Gasteiger partial charge on any atom is 0.246 e. The highest BCUT2D eigenvalue weighted by Crippen LogP contribution is 2.45. The minimum absolute atomic E-state index is 0.0284. The number of carbonyl (C=O) groups excluding carboxylic acids is 2. The summed E-state index contributed by atoms with van der Waals surface area (Å²) in [6.07, 6.45) is 4.13. The van der Waals surface area contributed by atoms with Crippen molar-refractivity contribution in [2.75, 3.05) is 18.6 Å². The van der Waals surface area contributed by atoms with Crippen LogP contribution in [0.1, 0.15) is 40.5 Å². The van der Waals surface area contributed by atoms with E-state index < -0.39 is 11.6 Å². The molecular weight excluding hydrogens is 272 g/mol. The molecule has 20 heavy (non-hydrogen) atoms. The maximum absolute atomic E-state index is 12.9. The van der Waals surface area contributed by atoms with E-state index in [4.69, 9.17) is 0 Å². The van der Waals surface area contributed by atoms with Gasteiger partial charge in [-0.25, -0.2) is 0 Å². The Morgan fingerprint density at radius 2 is 1.95 bits per heavy atom. The molecule has 0 radical (unpaired) electrons. The highest BCUT2D eigenvalue weighted by molar-refractivity contribution is 7.98. The number of piperazine rings is 1. The Hall–Kier alpha value is -0.710. The zero-order valence-electron chi connectivity index (χ0n) is 13.2. The molecule has 114 valence electrons. The van der Waals surface area contributed by atoms with E-state index in [2.05, 4.69) is 5.32 Å². The monoisotopic (exact) mass is 298 g/mol. The van der Waals surface area contributed by atoms with E-state index in [9.17, 15) is 9.59 Å². The van der Waals surface area contributed by atoms with Crippen molar-refractivity contribution in [2.45, 2.75) is 52.1 Å². The third-order valence-corrected chi connectivity index (χ3v) is 5.16. The summed E-state index contributed by atoms with van der Waals surface area (Å²) in [5.74, 6) is 1.31. The second kappa shape index (κ2) is 5.24. The van der Waals surface area contributed by atoms with Gasteiger partial charge in [0, 0.05) is 12.3 Å². The second-order valence-electron chi connectivity index (χ2n) is 7.18. The van der Waals surface area contributed by atoms with Gasteiger partial charge in [0.05, 0.1) is 0 Å². The van der Waals surface area contributed by atoms with Gasteiger partial charge in [-0.05, 0) is 37.4 Å². The Morgan fingerprint density at radius 3 is 2.40 bits per heavy atom. The summed E-state index contributed by atoms with van der Waals surface area (Å²) in [5.41, 5.74) is -0.899. The summed E-state index contributed by atoms with van der Waals surface area (Å²) in [7, 11) is 0. The van der Waals surface area contributed by atoms with Crippen LogP contribution < -0.4 is 5.32 Å². The lowest BCUT2D eigenvalue weighted by atomic mass is 9.80. The molecule has 2 aliphatic rings. The van der Waals surface area contributed by atoms with Crippen molar-refractivity contribution in [1.82, 2.24) is 10.2 Å². The summed E-state index contributed by atoms with van der Waals surface area (Å²) >= 11 is 1.71. The predicted octanol–water partition coefficient (Wildman–Crippen LogP) is 1.89. The topological polar surface area (TPSA) is 49.4 Å². The van der Waals surface area contributed by atoms with Crippen LogP contribution in [0.4, 0.5) is 0 Å². The van der Waals surface area contributed by atoms with Gasteiger partial charge in [-0.2, -0.15) is 11.8 Å². The highest BCUT2D eigenvalue weighted by atomic mass is 32.2. The Bertz CT molecular complexity index is 415. The van der Waals surface area contributed by atoms with Crippen LogP contribution in [-0.4, -0.2) is 46.8 Å². The first kappa shape index (κ1) is 15.7. The molecule has 5 heteroatoms. The Morgan fingerprint density at radius 1 is 1.35 bits per heavy atom. The molecule has 2 rings (SSSR count). The van der Waals surface area contributed by atoms with E-state index in [0.29, 0.717) is 12.5 Å². The molecular formula is C15H26N2O2S. The molecule has 0 aromatic heterocycles. The fourth-order valence-corrected chi connectivity index (χ4v) is 3.37. The Labute approximate surface area is 126 Å². The summed E-state index contributed by atoms with van der Waals surface area (Å²) < 4.78 is 0. The summed E-state index contributed by atoms with van der Waals surface area (Å²) in [5, 5.41) is 2.99. The van der Waals surface area contributed by atoms with Crippen LogP contribution in [0.15, 0.2) is 0 Å². The first-order chi connectivity index (χ1) is 9.22. The van der Waals surface area contributed by atoms with Crippen LogP contribution in [0, 0.1) is 11.3 Å². The van der Waals surface area contributed by atoms with Gasteiger partial charge in [0.2, 0.25) is 11.8 Å². The van der Waals surface area contributed by atoms with Crippen LogP contribution >= 0.6 is 11.8 Å². The molecule has 1 N–H and O–H groups in total. The van der Waals surface area contributed by atoms with E-state index in [1.165, 1.54) is 0 Å². The maximum atomic E-state index is 12.9. The third-order valence-electron chi connectivity index (χ3n) is 4.57. The van der Waals surface area contributed by atoms with E-state index >= 15 is 0 Å². The largest absolute Gasteiger partial charge is 0.342 e. The average molecular weight is 298 g/mol. The molecule has 0 bridgehead atoms. The number of hydrogen-bond donors (Lipinski definition) is 1. The zero-order chi connectivity index (χ0) is 15.1. The molecule has 0 aromatic carbocycles. The van der Waals surface area contributed by atoms with Crippen LogP contribution in [0.3, 0.4) is 0 Å². The number of amides is 2. The molecule has 2 atom stereocenters. The SMILES string of the molecule is CSCCN1C(=O)C(C(C)(C)C)NC(=O)C1(C)C1CC1. The minimum Gasteiger partial charge on any atom is -0.342 e. The van der Waals surface area contributed by atoms with Gasteiger partial charge in [0.25, 0.3) is 0 Å². The number of nitrogens with zero attached hydrogens (tertiary/aromatic N) is 1. The molecule has 2 unspecified atom stereocenters. The van der Waals surface area contributed by atoms with Crippen molar-refractivity contribution < 1.29 is 9.59 Å². The lowest BCUT2D eigenvalue weighted by molar-refractivity contribution is -0.160. The Balaban J connectivity index is 2.31. The molecule has 2 amide bonds. The normalized spacial score (nSPS) is 31.4. The van der Waals surface area contributed by atoms with Gasteiger partial charge in [-0.15, -0.1) is 0 Å². The zero-order valence-corrected chi connectivity index (χ0v) is 14.0. The van der Waals surface area contributed by atoms with Crippen molar-refractivity contribution in [1.29, 1.82) is 0 Å². The fourth-order valence-electron chi connectivity index (χ4n) is 3.01. The van der Waals surface area contributed by atoms with Crippen molar-refractivity contribution in [3.05, 3.63) is 0 Å². The molecule has 2 fully saturated rings. The highest BCUT2D eigenvalue weighted by Gasteiger charge is 2.58. The molecule has 4 nitrogen and oxygen atoms in total. The van der Waals surface area contributed by atoms with Gasteiger partial charge < -0.3 is 10.2 Å². The van der Waals surface area contributed by atoms with E-state index in [-0.39, 0.29) is 17.2 Å². The number of carbonyl (C=O) groups is 2. The van der Waals surface area contributed by atoms with Crippen molar-refractivity contribution >= 4 is 23.6 Å². The minimum atomic E-state index is -0.644. The smallest absolute Gasteiger partial charge is 0.246 e. The van der Waals surface area contributed by atoms with Crippen molar-refractivity contribution in [3.63, 3.8) is 0 Å². The van der Waals surface area contributed by atoms with E-state index in [0.717, 1.165) is 18.6 Å². The molecule has 0 spiro atoms. The van der Waals surface area contributed by atoms with Crippen LogP contribution in [0.2, 0.25) is 0 Å². The molecule has 1 aliphatic carbocycles. The summed E-state index contributed by atoms with van der Waals surface area (Å²) in [6, 6.07) is -0.413. The lowest BCUT2D eigenvalue weighted by Gasteiger charge is -2.49. The standard InChI is InChI=1S/C15H26N2O2S/c1-14(2,3)11-12(18)17(8-9-20-5)15(4,10-6-7-10)13(19)16-11/h10-11H,6-9H2,1-5H3,(H,16,19). The molecule has 1 heterocycles. The van der Waals surface area contributed by atoms with Gasteiger partial charge in [-0.3, -0.25) is 9.59 Å². The average Bonchev–Trinajstić information content (AvgIpc) is 3.16. The predicted molar refractivity (Wildman–Crippen MR) is 82.6 cm³/mol. The van der Waals surface area contributed by atoms with Crippen LogP contribution in [0.5, 0.6) is 0 Å². The summed E-state index contributed by atoms with van der Waals surface area (Å²) in [4.78, 5) is 27.4. The first-order valence-corrected chi connectivity index (χ1v) is 8.73. The quantitative estimate of drug-likeness (QED) is 0.862. The number of thioether (sulfide) groups is 1. The second-order valence-corrected chi connectivity index (χ2v) is 8.16. The molecule has 1 aliphatic heterocycles. The molecule has 1 saturated heterocycles. The van der Waals surface area contributed by atoms with Crippen LogP contribution in [-0.2, 0) is 9.59 Å². The van der Waals surface area contributed by atoms with Crippen LogP contribution in [0.25, 0.3) is 0 Å². The number of rotatable bonds is 4. The lowest BCUT2D eigenvalue weighted by Crippen LogP contribution is -2.72. The molecule has 1 saturated carbocycles. The van der Waals surface area contributed by atoms with Gasteiger partial charge in [0.15, 0.2) is 0 Å². The van der Waals surface area contributed by atoms with Gasteiger partial charge >= 0.3 is 0 Å². The van der Waals surface area contributed by atoms with Gasteiger partial charge in [0.1, 0.15) is 11.6 Å². The summed E-state index contributed by atoms with van der Waals surface area (Å²) in [6.45, 7) is 8.61. The van der Waals surface area contributed by atoms with Gasteiger partial charge in [-0.1, -0.05) is 20.8 Å². The van der Waals surface area contributed by atoms with Crippen molar-refractivity contribution in [2.24, 2.45) is 11.3 Å². The Kier molecular flexibility index (Phi) is 4.11. The molecule has 0 aromatic rings. The van der Waals surface area contributed by atoms with Crippen molar-refractivity contribution in [3.8, 4) is 0 Å². The first-order valence-electron chi connectivity index (χ1n) is 7.34. The number of nitrogens with one attached hydrogen (secondary N) is 1.